The molecule has 2 heterocycles. The normalized spacial score (nSPS) is 11.6. The van der Waals surface area contributed by atoms with E-state index in [1.807, 2.05) is 30.3 Å². The zero-order valence-corrected chi connectivity index (χ0v) is 20.3. The van der Waals surface area contributed by atoms with Gasteiger partial charge in [0.15, 0.2) is 0 Å². The molecule has 0 radical (unpaired) electrons. The number of benzene rings is 3. The molecule has 10 heteroatoms. The molecule has 0 spiro atoms. The van der Waals surface area contributed by atoms with E-state index in [9.17, 15) is 26.7 Å². The highest BCUT2D eigenvalue weighted by atomic mass is 19.4. The monoisotopic (exact) mass is 537 g/mol. The first-order valence-corrected chi connectivity index (χ1v) is 11.9. The van der Waals surface area contributed by atoms with Crippen LogP contribution in [-0.2, 0) is 25.6 Å². The van der Waals surface area contributed by atoms with E-state index in [0.29, 0.717) is 24.2 Å². The molecular weight excluding hydrogens is 517 g/mol. The SMILES string of the molecule is O=c1nc(CCc2ccccc2)n(Cc2ccc(F)cc2F)c2ccc(Oc3ncccc3C(F)(F)F)cc12. The van der Waals surface area contributed by atoms with Gasteiger partial charge in [-0.05, 0) is 48.4 Å². The van der Waals surface area contributed by atoms with Gasteiger partial charge in [-0.15, -0.1) is 0 Å². The second-order valence-corrected chi connectivity index (χ2v) is 8.78. The number of alkyl halides is 3. The summed E-state index contributed by atoms with van der Waals surface area (Å²) in [6.07, 6.45) is -2.64. The molecule has 0 unspecified atom stereocenters. The lowest BCUT2D eigenvalue weighted by Crippen LogP contribution is -2.20. The number of halogens is 5. The van der Waals surface area contributed by atoms with E-state index >= 15 is 0 Å². The van der Waals surface area contributed by atoms with Crippen LogP contribution in [-0.4, -0.2) is 14.5 Å². The molecule has 5 rings (SSSR count). The van der Waals surface area contributed by atoms with Crippen molar-refractivity contribution < 1.29 is 26.7 Å². The third-order valence-corrected chi connectivity index (χ3v) is 6.15. The highest BCUT2D eigenvalue weighted by Crippen LogP contribution is 2.37. The van der Waals surface area contributed by atoms with Crippen LogP contribution in [0.25, 0.3) is 10.9 Å². The molecule has 0 saturated carbocycles. The summed E-state index contributed by atoms with van der Waals surface area (Å²) in [4.78, 5) is 21.0. The molecule has 39 heavy (non-hydrogen) atoms. The predicted octanol–water partition coefficient (Wildman–Crippen LogP) is 6.71. The Morgan fingerprint density at radius 3 is 2.41 bits per heavy atom. The smallest absolute Gasteiger partial charge is 0.421 e. The molecule has 0 aliphatic heterocycles. The molecule has 0 N–H and O–H groups in total. The van der Waals surface area contributed by atoms with E-state index < -0.39 is 34.8 Å². The van der Waals surface area contributed by atoms with Crippen LogP contribution >= 0.6 is 0 Å². The Kier molecular flexibility index (Phi) is 7.10. The summed E-state index contributed by atoms with van der Waals surface area (Å²) >= 11 is 0. The van der Waals surface area contributed by atoms with Crippen LogP contribution in [0.1, 0.15) is 22.5 Å². The molecule has 0 bridgehead atoms. The number of aromatic nitrogens is 3. The first kappa shape index (κ1) is 26.0. The van der Waals surface area contributed by atoms with E-state index in [1.165, 1.54) is 24.3 Å². The maximum absolute atomic E-state index is 14.6. The van der Waals surface area contributed by atoms with E-state index in [1.54, 1.807) is 4.57 Å². The van der Waals surface area contributed by atoms with Crippen LogP contribution in [0.5, 0.6) is 11.6 Å². The summed E-state index contributed by atoms with van der Waals surface area (Å²) in [5.41, 5.74) is -0.139. The summed E-state index contributed by atoms with van der Waals surface area (Å²) in [7, 11) is 0. The summed E-state index contributed by atoms with van der Waals surface area (Å²) < 4.78 is 75.3. The standard InChI is InChI=1S/C29H20F5N3O2/c30-20-10-9-19(24(31)15-20)17-37-25-12-11-21(39-28-23(29(32,33)34)7-4-14-35-28)16-22(25)27(38)36-26(37)13-8-18-5-2-1-3-6-18/h1-7,9-12,14-16H,8,13,17H2. The van der Waals surface area contributed by atoms with Crippen molar-refractivity contribution in [1.82, 2.24) is 14.5 Å². The lowest BCUT2D eigenvalue weighted by molar-refractivity contribution is -0.138. The first-order valence-electron chi connectivity index (χ1n) is 11.9. The third kappa shape index (κ3) is 5.79. The first-order chi connectivity index (χ1) is 18.7. The zero-order valence-electron chi connectivity index (χ0n) is 20.3. The molecule has 0 atom stereocenters. The number of ether oxygens (including phenoxy) is 1. The van der Waals surface area contributed by atoms with E-state index in [-0.39, 0.29) is 23.2 Å². The molecule has 0 aliphatic carbocycles. The van der Waals surface area contributed by atoms with Gasteiger partial charge < -0.3 is 9.30 Å². The quantitative estimate of drug-likeness (QED) is 0.217. The Morgan fingerprint density at radius 2 is 1.67 bits per heavy atom. The average Bonchev–Trinajstić information content (AvgIpc) is 2.91. The zero-order chi connectivity index (χ0) is 27.6. The molecule has 5 nitrogen and oxygen atoms in total. The minimum absolute atomic E-state index is 0.0536. The number of aryl methyl sites for hydroxylation is 2. The van der Waals surface area contributed by atoms with Gasteiger partial charge in [0, 0.05) is 24.2 Å². The largest absolute Gasteiger partial charge is 0.438 e. The number of fused-ring (bicyclic) bond motifs is 1. The fraction of sp³-hybridized carbons (Fsp3) is 0.138. The van der Waals surface area contributed by atoms with Crippen molar-refractivity contribution in [2.45, 2.75) is 25.6 Å². The van der Waals surface area contributed by atoms with Gasteiger partial charge in [0.25, 0.3) is 5.56 Å². The van der Waals surface area contributed by atoms with Crippen molar-refractivity contribution in [2.24, 2.45) is 0 Å². The van der Waals surface area contributed by atoms with Crippen molar-refractivity contribution >= 4 is 10.9 Å². The number of rotatable bonds is 7. The minimum atomic E-state index is -4.69. The van der Waals surface area contributed by atoms with Crippen molar-refractivity contribution in [3.05, 3.63) is 130 Å². The topological polar surface area (TPSA) is 57.0 Å². The lowest BCUT2D eigenvalue weighted by Gasteiger charge is -2.18. The van der Waals surface area contributed by atoms with Gasteiger partial charge >= 0.3 is 6.18 Å². The van der Waals surface area contributed by atoms with Gasteiger partial charge in [-0.2, -0.15) is 18.2 Å². The Balaban J connectivity index is 1.58. The number of nitrogens with zero attached hydrogens (tertiary/aromatic N) is 3. The maximum Gasteiger partial charge on any atom is 0.421 e. The Morgan fingerprint density at radius 1 is 0.872 bits per heavy atom. The van der Waals surface area contributed by atoms with Crippen LogP contribution in [0.2, 0.25) is 0 Å². The second-order valence-electron chi connectivity index (χ2n) is 8.78. The van der Waals surface area contributed by atoms with Crippen LogP contribution in [0.4, 0.5) is 22.0 Å². The summed E-state index contributed by atoms with van der Waals surface area (Å²) in [5, 5.41) is 0.0583. The molecule has 0 aliphatic rings. The molecule has 3 aromatic carbocycles. The van der Waals surface area contributed by atoms with Gasteiger partial charge in [-0.1, -0.05) is 36.4 Å². The van der Waals surface area contributed by atoms with E-state index in [2.05, 4.69) is 9.97 Å². The van der Waals surface area contributed by atoms with Crippen LogP contribution in [0.3, 0.4) is 0 Å². The minimum Gasteiger partial charge on any atom is -0.438 e. The van der Waals surface area contributed by atoms with Crippen LogP contribution in [0.15, 0.2) is 89.9 Å². The molecule has 0 saturated heterocycles. The Labute approximate surface area is 219 Å². The third-order valence-electron chi connectivity index (χ3n) is 6.15. The number of hydrogen-bond donors (Lipinski definition) is 0. The fourth-order valence-electron chi connectivity index (χ4n) is 4.25. The van der Waals surface area contributed by atoms with Crippen molar-refractivity contribution in [1.29, 1.82) is 0 Å². The Bertz CT molecular complexity index is 1700. The van der Waals surface area contributed by atoms with Crippen LogP contribution < -0.4 is 10.3 Å². The summed E-state index contributed by atoms with van der Waals surface area (Å²) in [5.74, 6) is -1.82. The molecule has 5 aromatic rings. The fourth-order valence-corrected chi connectivity index (χ4v) is 4.25. The molecule has 0 fully saturated rings. The van der Waals surface area contributed by atoms with E-state index in [4.69, 9.17) is 4.74 Å². The molecule has 0 amide bonds. The Hall–Kier alpha value is -4.60. The summed E-state index contributed by atoms with van der Waals surface area (Å²) in [6.45, 7) is -0.0569. The number of pyridine rings is 1. The number of hydrogen-bond acceptors (Lipinski definition) is 4. The predicted molar refractivity (Wildman–Crippen MR) is 135 cm³/mol. The second kappa shape index (κ2) is 10.6. The van der Waals surface area contributed by atoms with Gasteiger partial charge in [-0.25, -0.2) is 13.8 Å². The molecule has 2 aromatic heterocycles. The van der Waals surface area contributed by atoms with Gasteiger partial charge in [0.2, 0.25) is 5.88 Å². The highest BCUT2D eigenvalue weighted by Gasteiger charge is 2.35. The van der Waals surface area contributed by atoms with Gasteiger partial charge in [0.05, 0.1) is 17.4 Å². The van der Waals surface area contributed by atoms with Crippen molar-refractivity contribution in [3.8, 4) is 11.6 Å². The lowest BCUT2D eigenvalue weighted by atomic mass is 10.1. The highest BCUT2D eigenvalue weighted by molar-refractivity contribution is 5.80. The summed E-state index contributed by atoms with van der Waals surface area (Å²) in [6, 6.07) is 18.9. The van der Waals surface area contributed by atoms with Crippen molar-refractivity contribution in [3.63, 3.8) is 0 Å². The van der Waals surface area contributed by atoms with Crippen LogP contribution in [0, 0.1) is 11.6 Å². The van der Waals surface area contributed by atoms with Gasteiger partial charge in [0.1, 0.15) is 28.8 Å². The molecular formula is C29H20F5N3O2. The average molecular weight is 537 g/mol. The maximum atomic E-state index is 14.6. The van der Waals surface area contributed by atoms with E-state index in [0.717, 1.165) is 36.0 Å². The van der Waals surface area contributed by atoms with Crippen molar-refractivity contribution in [2.75, 3.05) is 0 Å². The molecule has 198 valence electrons. The van der Waals surface area contributed by atoms with Gasteiger partial charge in [-0.3, -0.25) is 4.79 Å².